The average molecular weight is 327 g/mol. The van der Waals surface area contributed by atoms with E-state index in [1.54, 1.807) is 13.8 Å². The Morgan fingerprint density at radius 3 is 1.35 bits per heavy atom. The van der Waals surface area contributed by atoms with Crippen LogP contribution in [0, 0.1) is 17.8 Å². The smallest absolute Gasteiger partial charge is 0.242 e. The monoisotopic (exact) mass is 327 g/mol. The summed E-state index contributed by atoms with van der Waals surface area (Å²) >= 11 is 0. The Bertz CT molecular complexity index is 421. The standard InChI is InChI=1S/C17H33N3O3/c1-9(2)11(5)15(21)19-13(7)17(23)20-14(8)16(22)18-12(6)10(3)4/h9-14H,1-8H3,(H,18,22)(H,19,21)(H,20,23). The number of amides is 3. The van der Waals surface area contributed by atoms with Crippen molar-refractivity contribution in [2.75, 3.05) is 0 Å². The lowest BCUT2D eigenvalue weighted by atomic mass is 9.97. The molecule has 0 heterocycles. The number of carbonyl (C=O) groups is 3. The quantitative estimate of drug-likeness (QED) is 0.630. The molecule has 0 aromatic rings. The van der Waals surface area contributed by atoms with Crippen molar-refractivity contribution >= 4 is 17.7 Å². The van der Waals surface area contributed by atoms with E-state index >= 15 is 0 Å². The van der Waals surface area contributed by atoms with Crippen LogP contribution in [0.15, 0.2) is 0 Å². The highest BCUT2D eigenvalue weighted by atomic mass is 16.2. The third-order valence-electron chi connectivity index (χ3n) is 4.29. The molecule has 0 saturated carbocycles. The molecule has 3 N–H and O–H groups in total. The molecule has 0 aliphatic heterocycles. The fourth-order valence-corrected chi connectivity index (χ4v) is 1.63. The highest BCUT2D eigenvalue weighted by molar-refractivity contribution is 5.92. The molecule has 23 heavy (non-hydrogen) atoms. The lowest BCUT2D eigenvalue weighted by Crippen LogP contribution is -2.53. The second-order valence-corrected chi connectivity index (χ2v) is 7.03. The van der Waals surface area contributed by atoms with Crippen LogP contribution in [0.3, 0.4) is 0 Å². The number of rotatable bonds is 8. The fraction of sp³-hybridized carbons (Fsp3) is 0.824. The van der Waals surface area contributed by atoms with Crippen LogP contribution in [0.2, 0.25) is 0 Å². The molecule has 0 fully saturated rings. The first-order valence-electron chi connectivity index (χ1n) is 8.38. The van der Waals surface area contributed by atoms with Gasteiger partial charge in [-0.25, -0.2) is 0 Å². The predicted molar refractivity (Wildman–Crippen MR) is 91.7 cm³/mol. The van der Waals surface area contributed by atoms with Gasteiger partial charge in [-0.15, -0.1) is 0 Å². The van der Waals surface area contributed by atoms with Crippen molar-refractivity contribution in [1.29, 1.82) is 0 Å². The van der Waals surface area contributed by atoms with E-state index < -0.39 is 12.1 Å². The van der Waals surface area contributed by atoms with Gasteiger partial charge in [0.25, 0.3) is 0 Å². The van der Waals surface area contributed by atoms with E-state index in [4.69, 9.17) is 0 Å². The van der Waals surface area contributed by atoms with E-state index in [1.165, 1.54) is 0 Å². The van der Waals surface area contributed by atoms with Gasteiger partial charge in [-0.2, -0.15) is 0 Å². The maximum atomic E-state index is 12.1. The minimum atomic E-state index is -0.679. The van der Waals surface area contributed by atoms with Crippen molar-refractivity contribution in [2.45, 2.75) is 73.5 Å². The van der Waals surface area contributed by atoms with Gasteiger partial charge in [-0.05, 0) is 32.6 Å². The number of carbonyl (C=O) groups excluding carboxylic acids is 3. The molecule has 0 rings (SSSR count). The lowest BCUT2D eigenvalue weighted by Gasteiger charge is -2.23. The Hall–Kier alpha value is -1.59. The molecule has 0 radical (unpaired) electrons. The molecule has 6 nitrogen and oxygen atoms in total. The van der Waals surface area contributed by atoms with Crippen LogP contribution in [0.4, 0.5) is 0 Å². The summed E-state index contributed by atoms with van der Waals surface area (Å²) in [6, 6.07) is -1.29. The van der Waals surface area contributed by atoms with Gasteiger partial charge in [0.05, 0.1) is 0 Å². The normalized spacial score (nSPS) is 16.4. The summed E-state index contributed by atoms with van der Waals surface area (Å²) in [6.07, 6.45) is 0. The first-order valence-corrected chi connectivity index (χ1v) is 8.38. The van der Waals surface area contributed by atoms with Crippen molar-refractivity contribution in [3.05, 3.63) is 0 Å². The second-order valence-electron chi connectivity index (χ2n) is 7.03. The van der Waals surface area contributed by atoms with Gasteiger partial charge in [-0.1, -0.05) is 34.6 Å². The van der Waals surface area contributed by atoms with Gasteiger partial charge in [0.15, 0.2) is 0 Å². The average Bonchev–Trinajstić information content (AvgIpc) is 2.45. The number of hydrogen-bond acceptors (Lipinski definition) is 3. The zero-order chi connectivity index (χ0) is 18.3. The zero-order valence-electron chi connectivity index (χ0n) is 15.7. The highest BCUT2D eigenvalue weighted by Crippen LogP contribution is 2.09. The maximum absolute atomic E-state index is 12.1. The molecule has 4 atom stereocenters. The summed E-state index contributed by atoms with van der Waals surface area (Å²) in [6.45, 7) is 14.9. The molecular weight excluding hydrogens is 294 g/mol. The molecule has 0 aromatic carbocycles. The Labute approximate surface area is 140 Å². The molecule has 134 valence electrons. The van der Waals surface area contributed by atoms with E-state index in [9.17, 15) is 14.4 Å². The fourth-order valence-electron chi connectivity index (χ4n) is 1.63. The molecule has 0 aliphatic carbocycles. The van der Waals surface area contributed by atoms with Crippen LogP contribution < -0.4 is 16.0 Å². The maximum Gasteiger partial charge on any atom is 0.242 e. The van der Waals surface area contributed by atoms with E-state index in [1.807, 2.05) is 41.5 Å². The summed E-state index contributed by atoms with van der Waals surface area (Å²) in [5, 5.41) is 8.17. The summed E-state index contributed by atoms with van der Waals surface area (Å²) in [5.41, 5.74) is 0. The summed E-state index contributed by atoms with van der Waals surface area (Å²) in [5.74, 6) is -0.404. The van der Waals surface area contributed by atoms with Crippen LogP contribution in [0.25, 0.3) is 0 Å². The van der Waals surface area contributed by atoms with Gasteiger partial charge >= 0.3 is 0 Å². The van der Waals surface area contributed by atoms with E-state index in [0.717, 1.165) is 0 Å². The second kappa shape index (κ2) is 9.53. The van der Waals surface area contributed by atoms with Gasteiger partial charge in [-0.3, -0.25) is 14.4 Å². The molecule has 0 bridgehead atoms. The molecule has 4 unspecified atom stereocenters. The van der Waals surface area contributed by atoms with E-state index in [-0.39, 0.29) is 35.6 Å². The summed E-state index contributed by atoms with van der Waals surface area (Å²) < 4.78 is 0. The summed E-state index contributed by atoms with van der Waals surface area (Å²) in [7, 11) is 0. The van der Waals surface area contributed by atoms with E-state index in [2.05, 4.69) is 16.0 Å². The SMILES string of the molecule is CC(NC(=O)C(C)NC(=O)C(C)C(C)C)C(=O)NC(C)C(C)C. The van der Waals surface area contributed by atoms with Gasteiger partial charge in [0.2, 0.25) is 17.7 Å². The topological polar surface area (TPSA) is 87.3 Å². The molecular formula is C17H33N3O3. The first-order chi connectivity index (χ1) is 10.5. The predicted octanol–water partition coefficient (Wildman–Crippen LogP) is 1.45. The van der Waals surface area contributed by atoms with Gasteiger partial charge in [0, 0.05) is 12.0 Å². The Kier molecular flexibility index (Phi) is 8.87. The molecule has 6 heteroatoms. The third kappa shape index (κ3) is 7.48. The van der Waals surface area contributed by atoms with Crippen LogP contribution >= 0.6 is 0 Å². The Morgan fingerprint density at radius 2 is 0.957 bits per heavy atom. The molecule has 0 saturated heterocycles. The molecule has 0 spiro atoms. The van der Waals surface area contributed by atoms with Gasteiger partial charge in [0.1, 0.15) is 12.1 Å². The summed E-state index contributed by atoms with van der Waals surface area (Å²) in [4.78, 5) is 36.1. The van der Waals surface area contributed by atoms with Crippen LogP contribution in [-0.2, 0) is 14.4 Å². The number of nitrogens with one attached hydrogen (secondary N) is 3. The van der Waals surface area contributed by atoms with Crippen molar-refractivity contribution in [1.82, 2.24) is 16.0 Å². The highest BCUT2D eigenvalue weighted by Gasteiger charge is 2.24. The van der Waals surface area contributed by atoms with Crippen molar-refractivity contribution in [3.63, 3.8) is 0 Å². The van der Waals surface area contributed by atoms with Crippen molar-refractivity contribution in [2.24, 2.45) is 17.8 Å². The van der Waals surface area contributed by atoms with Gasteiger partial charge < -0.3 is 16.0 Å². The van der Waals surface area contributed by atoms with E-state index in [0.29, 0.717) is 5.92 Å². The lowest BCUT2D eigenvalue weighted by molar-refractivity contribution is -0.133. The van der Waals surface area contributed by atoms with Crippen LogP contribution in [0.5, 0.6) is 0 Å². The Balaban J connectivity index is 4.46. The van der Waals surface area contributed by atoms with Crippen LogP contribution in [0.1, 0.15) is 55.4 Å². The minimum absolute atomic E-state index is 0.0332. The molecule has 3 amide bonds. The first kappa shape index (κ1) is 21.4. The molecule has 0 aliphatic rings. The largest absolute Gasteiger partial charge is 0.352 e. The minimum Gasteiger partial charge on any atom is -0.352 e. The van der Waals surface area contributed by atoms with Crippen LogP contribution in [-0.4, -0.2) is 35.8 Å². The zero-order valence-corrected chi connectivity index (χ0v) is 15.7. The Morgan fingerprint density at radius 1 is 0.565 bits per heavy atom. The number of hydrogen-bond donors (Lipinski definition) is 3. The van der Waals surface area contributed by atoms with Crippen molar-refractivity contribution in [3.8, 4) is 0 Å². The molecule has 0 aromatic heterocycles. The third-order valence-corrected chi connectivity index (χ3v) is 4.29. The van der Waals surface area contributed by atoms with Crippen molar-refractivity contribution < 1.29 is 14.4 Å².